The van der Waals surface area contributed by atoms with Gasteiger partial charge in [0.2, 0.25) is 5.91 Å². The Morgan fingerprint density at radius 2 is 1.72 bits per heavy atom. The zero-order chi connectivity index (χ0) is 18.2. The van der Waals surface area contributed by atoms with Crippen molar-refractivity contribution in [3.8, 4) is 0 Å². The predicted molar refractivity (Wildman–Crippen MR) is 111 cm³/mol. The molecular formula is C17H13ClIN3O2S. The van der Waals surface area contributed by atoms with Crippen LogP contribution in [-0.2, 0) is 4.79 Å². The van der Waals surface area contributed by atoms with Gasteiger partial charge in [-0.05, 0) is 64.6 Å². The molecule has 0 fully saturated rings. The van der Waals surface area contributed by atoms with Gasteiger partial charge >= 0.3 is 0 Å². The van der Waals surface area contributed by atoms with Gasteiger partial charge in [-0.1, -0.05) is 41.9 Å². The van der Waals surface area contributed by atoms with Crippen molar-refractivity contribution in [2.75, 3.05) is 0 Å². The number of hydrazine groups is 1. The van der Waals surface area contributed by atoms with E-state index in [1.165, 1.54) is 6.08 Å². The number of thiocarbonyl (C=S) groups is 1. The van der Waals surface area contributed by atoms with Crippen LogP contribution in [-0.4, -0.2) is 16.9 Å². The van der Waals surface area contributed by atoms with Crippen LogP contribution in [0.2, 0.25) is 5.02 Å². The average molecular weight is 486 g/mol. The van der Waals surface area contributed by atoms with Crippen LogP contribution in [0, 0.1) is 3.57 Å². The maximum Gasteiger partial charge on any atom is 0.270 e. The lowest BCUT2D eigenvalue weighted by Gasteiger charge is -2.10. The van der Waals surface area contributed by atoms with Gasteiger partial charge < -0.3 is 0 Å². The third-order valence-electron chi connectivity index (χ3n) is 2.96. The molecule has 128 valence electrons. The van der Waals surface area contributed by atoms with Crippen molar-refractivity contribution in [3.05, 3.63) is 74.3 Å². The molecule has 0 aromatic heterocycles. The van der Waals surface area contributed by atoms with Crippen molar-refractivity contribution in [2.45, 2.75) is 0 Å². The molecular weight excluding hydrogens is 473 g/mol. The molecule has 0 aliphatic heterocycles. The monoisotopic (exact) mass is 485 g/mol. The molecule has 0 aliphatic rings. The van der Waals surface area contributed by atoms with Crippen LogP contribution >= 0.6 is 46.4 Å². The van der Waals surface area contributed by atoms with E-state index in [0.717, 1.165) is 3.57 Å². The maximum atomic E-state index is 12.0. The third-order valence-corrected chi connectivity index (χ3v) is 4.45. The van der Waals surface area contributed by atoms with E-state index in [1.807, 2.05) is 18.2 Å². The van der Waals surface area contributed by atoms with E-state index >= 15 is 0 Å². The molecule has 25 heavy (non-hydrogen) atoms. The summed E-state index contributed by atoms with van der Waals surface area (Å²) in [5.74, 6) is -0.797. The average Bonchev–Trinajstić information content (AvgIpc) is 2.59. The first-order chi connectivity index (χ1) is 12.0. The van der Waals surface area contributed by atoms with Gasteiger partial charge in [-0.2, -0.15) is 0 Å². The van der Waals surface area contributed by atoms with Crippen LogP contribution in [0.3, 0.4) is 0 Å². The maximum absolute atomic E-state index is 12.0. The van der Waals surface area contributed by atoms with Crippen LogP contribution in [0.15, 0.2) is 54.6 Å². The zero-order valence-corrected chi connectivity index (χ0v) is 16.5. The molecule has 0 radical (unpaired) electrons. The smallest absolute Gasteiger partial charge is 0.270 e. The summed E-state index contributed by atoms with van der Waals surface area (Å²) in [6, 6.07) is 14.2. The summed E-state index contributed by atoms with van der Waals surface area (Å²) in [6.45, 7) is 0. The second-order valence-corrected chi connectivity index (χ2v) is 6.71. The molecule has 2 aromatic carbocycles. The van der Waals surface area contributed by atoms with Crippen molar-refractivity contribution in [1.29, 1.82) is 0 Å². The molecule has 0 atom stereocenters. The quantitative estimate of drug-likeness (QED) is 0.270. The molecule has 2 aromatic rings. The third kappa shape index (κ3) is 6.11. The fourth-order valence-corrected chi connectivity index (χ4v) is 2.77. The van der Waals surface area contributed by atoms with Crippen molar-refractivity contribution < 1.29 is 9.59 Å². The van der Waals surface area contributed by atoms with Crippen LogP contribution in [0.1, 0.15) is 15.9 Å². The lowest BCUT2D eigenvalue weighted by atomic mass is 10.2. The second-order valence-electron chi connectivity index (χ2n) is 4.73. The first kappa shape index (κ1) is 19.4. The number of nitrogens with one attached hydrogen (secondary N) is 3. The minimum absolute atomic E-state index is 0.0203. The van der Waals surface area contributed by atoms with Crippen molar-refractivity contribution in [3.63, 3.8) is 0 Å². The molecule has 0 spiro atoms. The summed E-state index contributed by atoms with van der Waals surface area (Å²) in [5, 5.41) is 2.94. The minimum Gasteiger partial charge on any atom is -0.298 e. The first-order valence-corrected chi connectivity index (χ1v) is 8.92. The molecule has 2 amide bonds. The first-order valence-electron chi connectivity index (χ1n) is 7.06. The Morgan fingerprint density at radius 1 is 1.04 bits per heavy atom. The molecule has 8 heteroatoms. The number of hydrogen-bond donors (Lipinski definition) is 3. The highest BCUT2D eigenvalue weighted by Gasteiger charge is 2.09. The lowest BCUT2D eigenvalue weighted by molar-refractivity contribution is -0.115. The summed E-state index contributed by atoms with van der Waals surface area (Å²) in [4.78, 5) is 23.8. The number of rotatable bonds is 3. The summed E-state index contributed by atoms with van der Waals surface area (Å²) in [5.41, 5.74) is 6.13. The minimum atomic E-state index is -0.444. The van der Waals surface area contributed by atoms with Gasteiger partial charge in [0.25, 0.3) is 5.91 Å². The van der Waals surface area contributed by atoms with Gasteiger partial charge in [0.1, 0.15) is 0 Å². The molecule has 5 nitrogen and oxygen atoms in total. The summed E-state index contributed by atoms with van der Waals surface area (Å²) in [7, 11) is 0. The fraction of sp³-hybridized carbons (Fsp3) is 0. The van der Waals surface area contributed by atoms with Gasteiger partial charge in [0.15, 0.2) is 5.11 Å². The van der Waals surface area contributed by atoms with Crippen LogP contribution in [0.4, 0.5) is 0 Å². The van der Waals surface area contributed by atoms with E-state index in [2.05, 4.69) is 38.8 Å². The topological polar surface area (TPSA) is 70.2 Å². The molecule has 2 rings (SSSR count). The zero-order valence-electron chi connectivity index (χ0n) is 12.8. The highest BCUT2D eigenvalue weighted by molar-refractivity contribution is 14.1. The Bertz CT molecular complexity index is 842. The Kier molecular flexibility index (Phi) is 7.35. The normalized spacial score (nSPS) is 10.3. The predicted octanol–water partition coefficient (Wildman–Crippen LogP) is 3.29. The van der Waals surface area contributed by atoms with Gasteiger partial charge in [-0.25, -0.2) is 0 Å². The number of hydrogen-bond acceptors (Lipinski definition) is 3. The summed E-state index contributed by atoms with van der Waals surface area (Å²) in [6.07, 6.45) is 2.88. The highest BCUT2D eigenvalue weighted by Crippen LogP contribution is 2.16. The van der Waals surface area contributed by atoms with Gasteiger partial charge in [-0.3, -0.25) is 25.8 Å². The number of benzene rings is 2. The standard InChI is InChI=1S/C17H13ClIN3O2S/c18-13-7-3-1-5-11(13)9-10-15(23)20-17(25)22-21-16(24)12-6-2-4-8-14(12)19/h1-10H,(H,21,24)(H2,20,22,23,25)/b10-9+. The molecule has 0 unspecified atom stereocenters. The largest absolute Gasteiger partial charge is 0.298 e. The van der Waals surface area contributed by atoms with Crippen LogP contribution in [0.25, 0.3) is 6.08 Å². The summed E-state index contributed by atoms with van der Waals surface area (Å²) < 4.78 is 0.803. The molecule has 0 saturated carbocycles. The Hall–Kier alpha value is -1.97. The molecule has 0 saturated heterocycles. The highest BCUT2D eigenvalue weighted by atomic mass is 127. The van der Waals surface area contributed by atoms with Crippen LogP contribution < -0.4 is 16.2 Å². The number of carbonyl (C=O) groups is 2. The SMILES string of the molecule is O=C(/C=C/c1ccccc1Cl)NC(=S)NNC(=O)c1ccccc1I. The Labute approximate surface area is 168 Å². The van der Waals surface area contributed by atoms with Gasteiger partial charge in [-0.15, -0.1) is 0 Å². The van der Waals surface area contributed by atoms with E-state index in [-0.39, 0.29) is 11.0 Å². The number of carbonyl (C=O) groups excluding carboxylic acids is 2. The van der Waals surface area contributed by atoms with Crippen molar-refractivity contribution in [2.24, 2.45) is 0 Å². The molecule has 3 N–H and O–H groups in total. The fourth-order valence-electron chi connectivity index (χ4n) is 1.79. The lowest BCUT2D eigenvalue weighted by Crippen LogP contribution is -2.48. The van der Waals surface area contributed by atoms with Crippen LogP contribution in [0.5, 0.6) is 0 Å². The van der Waals surface area contributed by atoms with Gasteiger partial charge in [0.05, 0.1) is 5.56 Å². The number of halogens is 2. The van der Waals surface area contributed by atoms with E-state index in [0.29, 0.717) is 16.1 Å². The summed E-state index contributed by atoms with van der Waals surface area (Å²) >= 11 is 13.0. The van der Waals surface area contributed by atoms with E-state index in [1.54, 1.807) is 36.4 Å². The Balaban J connectivity index is 1.84. The molecule has 0 aliphatic carbocycles. The van der Waals surface area contributed by atoms with Crippen molar-refractivity contribution in [1.82, 2.24) is 16.2 Å². The van der Waals surface area contributed by atoms with E-state index in [4.69, 9.17) is 23.8 Å². The molecule has 0 bridgehead atoms. The Morgan fingerprint density at radius 3 is 2.44 bits per heavy atom. The number of amides is 2. The van der Waals surface area contributed by atoms with Gasteiger partial charge in [0, 0.05) is 14.7 Å². The van der Waals surface area contributed by atoms with Crippen molar-refractivity contribution >= 4 is 69.4 Å². The second kappa shape index (κ2) is 9.50. The van der Waals surface area contributed by atoms with E-state index < -0.39 is 5.91 Å². The molecule has 0 heterocycles. The van der Waals surface area contributed by atoms with E-state index in [9.17, 15) is 9.59 Å².